The molecule has 0 aliphatic carbocycles. The lowest BCUT2D eigenvalue weighted by Gasteiger charge is -2.40. The molecule has 10 heteroatoms. The monoisotopic (exact) mass is 593 g/mol. The number of aliphatic hydroxyl groups excluding tert-OH is 1. The molecule has 2 fully saturated rings. The minimum Gasteiger partial charge on any atom is -0.455 e. The largest absolute Gasteiger partial charge is 0.455 e. The van der Waals surface area contributed by atoms with E-state index in [1.807, 2.05) is 70.2 Å². The van der Waals surface area contributed by atoms with Crippen molar-refractivity contribution >= 4 is 23.7 Å². The molecule has 4 heterocycles. The number of rotatable bonds is 6. The second-order valence-corrected chi connectivity index (χ2v) is 12.6. The summed E-state index contributed by atoms with van der Waals surface area (Å²) < 4.78 is 12.6. The van der Waals surface area contributed by atoms with E-state index in [-0.39, 0.29) is 49.9 Å². The third kappa shape index (κ3) is 5.74. The first-order valence-electron chi connectivity index (χ1n) is 15.4. The van der Waals surface area contributed by atoms with Crippen molar-refractivity contribution in [1.29, 1.82) is 0 Å². The van der Waals surface area contributed by atoms with Gasteiger partial charge in [-0.1, -0.05) is 68.5 Å². The topological polar surface area (TPSA) is 125 Å². The molecule has 2 saturated heterocycles. The van der Waals surface area contributed by atoms with E-state index in [9.17, 15) is 24.3 Å². The maximum absolute atomic E-state index is 14.5. The molecule has 1 spiro atoms. The third-order valence-electron chi connectivity index (χ3n) is 8.99. The molecule has 0 radical (unpaired) electrons. The predicted molar refractivity (Wildman–Crippen MR) is 158 cm³/mol. The number of fused-ring (bicyclic) bond motifs is 2. The number of hydrogen-bond acceptors (Lipinski definition) is 7. The molecular weight excluding hydrogens is 550 g/mol. The molecule has 4 aliphatic rings. The molecule has 43 heavy (non-hydrogen) atoms. The van der Waals surface area contributed by atoms with Crippen LogP contribution >= 0.6 is 0 Å². The second-order valence-electron chi connectivity index (χ2n) is 12.6. The summed E-state index contributed by atoms with van der Waals surface area (Å²) in [6, 6.07) is 7.27. The smallest absolute Gasteiger partial charge is 0.313 e. The van der Waals surface area contributed by atoms with E-state index in [1.54, 1.807) is 17.1 Å². The summed E-state index contributed by atoms with van der Waals surface area (Å²) in [5, 5.41) is 13.4. The average molecular weight is 594 g/mol. The summed E-state index contributed by atoms with van der Waals surface area (Å²) in [7, 11) is 0. The number of cyclic esters (lactones) is 1. The van der Waals surface area contributed by atoms with Crippen molar-refractivity contribution in [2.24, 2.45) is 17.8 Å². The van der Waals surface area contributed by atoms with Crippen molar-refractivity contribution in [3.8, 4) is 0 Å². The first-order chi connectivity index (χ1) is 20.6. The number of esters is 1. The molecule has 0 aromatic heterocycles. The van der Waals surface area contributed by atoms with Crippen LogP contribution < -0.4 is 5.32 Å². The number of likely N-dealkylation sites (tertiary alicyclic amines) is 1. The number of amides is 3. The Morgan fingerprint density at radius 2 is 1.79 bits per heavy atom. The summed E-state index contributed by atoms with van der Waals surface area (Å²) >= 11 is 0. The second kappa shape index (κ2) is 12.6. The standard InChI is InChI=1S/C33H43N3O7/c1-20(2)17-23(19-37)36-29-31(40)35(21(3)4)16-10-6-9-13-26(38)34-18-25(22-11-7-5-8-12-22)42-32(41)27-24-14-15-33(29,43-24)28(27)30(36)39/h5-8,10-12,14-15,20-21,23-25,27-29,37H,9,13,16-19H2,1-4H3,(H,34,38)/b10-6-/t23-,24-,25-,27+,28+,29-,33+/m1/s1. The molecule has 5 bridgehead atoms. The van der Waals surface area contributed by atoms with Crippen LogP contribution in [-0.2, 0) is 28.7 Å². The van der Waals surface area contributed by atoms with Gasteiger partial charge in [-0.15, -0.1) is 0 Å². The lowest BCUT2D eigenvalue weighted by molar-refractivity contribution is -0.160. The maximum Gasteiger partial charge on any atom is 0.313 e. The molecule has 4 aliphatic heterocycles. The van der Waals surface area contributed by atoms with E-state index in [0.29, 0.717) is 18.4 Å². The fourth-order valence-electron chi connectivity index (χ4n) is 7.01. The van der Waals surface area contributed by atoms with Gasteiger partial charge in [-0.25, -0.2) is 0 Å². The Labute approximate surface area is 253 Å². The zero-order valence-corrected chi connectivity index (χ0v) is 25.3. The number of carbonyl (C=O) groups is 4. The van der Waals surface area contributed by atoms with Gasteiger partial charge >= 0.3 is 5.97 Å². The van der Waals surface area contributed by atoms with Crippen LogP contribution in [0.1, 0.15) is 58.6 Å². The van der Waals surface area contributed by atoms with Gasteiger partial charge in [-0.05, 0) is 38.2 Å². The highest BCUT2D eigenvalue weighted by Crippen LogP contribution is 2.56. The summed E-state index contributed by atoms with van der Waals surface area (Å²) in [6.07, 6.45) is 6.93. The number of nitrogens with one attached hydrogen (secondary N) is 1. The molecule has 232 valence electrons. The van der Waals surface area contributed by atoms with Gasteiger partial charge in [0, 0.05) is 19.0 Å². The first kappa shape index (κ1) is 30.9. The van der Waals surface area contributed by atoms with E-state index in [1.165, 1.54) is 4.90 Å². The van der Waals surface area contributed by atoms with Crippen molar-refractivity contribution in [2.75, 3.05) is 19.7 Å². The molecule has 0 saturated carbocycles. The van der Waals surface area contributed by atoms with Crippen molar-refractivity contribution in [3.63, 3.8) is 0 Å². The highest BCUT2D eigenvalue weighted by Gasteiger charge is 2.74. The van der Waals surface area contributed by atoms with Gasteiger partial charge in [0.05, 0.1) is 31.2 Å². The summed E-state index contributed by atoms with van der Waals surface area (Å²) in [5.41, 5.74) is -0.658. The summed E-state index contributed by atoms with van der Waals surface area (Å²) in [5.74, 6) is -3.33. The molecule has 1 aromatic rings. The molecule has 2 N–H and O–H groups in total. The van der Waals surface area contributed by atoms with Gasteiger partial charge in [-0.2, -0.15) is 0 Å². The van der Waals surface area contributed by atoms with Crippen LogP contribution in [-0.4, -0.2) is 88.1 Å². The number of allylic oxidation sites excluding steroid dienone is 1. The predicted octanol–water partition coefficient (Wildman–Crippen LogP) is 2.53. The minimum absolute atomic E-state index is 0.0749. The van der Waals surface area contributed by atoms with E-state index in [4.69, 9.17) is 9.47 Å². The SMILES string of the molecule is CC(C)C[C@H](CO)N1C(=O)[C@@H]2[C@H]3C(=O)O[C@@H](c4ccccc4)CNC(=O)CC/C=C\CN(C(C)C)C(=O)[C@@H]1[C@]21C=C[C@H]3O1. The van der Waals surface area contributed by atoms with E-state index in [2.05, 4.69) is 5.32 Å². The Bertz CT molecular complexity index is 1280. The first-order valence-corrected chi connectivity index (χ1v) is 15.4. The molecule has 3 amide bonds. The maximum atomic E-state index is 14.5. The van der Waals surface area contributed by atoms with Crippen LogP contribution in [0.4, 0.5) is 0 Å². The Morgan fingerprint density at radius 3 is 2.47 bits per heavy atom. The quantitative estimate of drug-likeness (QED) is 0.384. The Kier molecular flexibility index (Phi) is 9.08. The van der Waals surface area contributed by atoms with Crippen molar-refractivity contribution in [3.05, 3.63) is 60.2 Å². The Morgan fingerprint density at radius 1 is 1.05 bits per heavy atom. The fraction of sp³-hybridized carbons (Fsp3) is 0.576. The molecule has 5 rings (SSSR count). The van der Waals surface area contributed by atoms with Crippen molar-refractivity contribution < 1.29 is 33.8 Å². The van der Waals surface area contributed by atoms with E-state index < -0.39 is 53.6 Å². The molecule has 1 aromatic carbocycles. The van der Waals surface area contributed by atoms with Gasteiger partial charge in [0.2, 0.25) is 17.7 Å². The molecule has 0 unspecified atom stereocenters. The molecular formula is C33H43N3O7. The fourth-order valence-corrected chi connectivity index (χ4v) is 7.01. The van der Waals surface area contributed by atoms with Crippen LogP contribution in [0.3, 0.4) is 0 Å². The van der Waals surface area contributed by atoms with Gasteiger partial charge in [0.15, 0.2) is 0 Å². The third-order valence-corrected chi connectivity index (χ3v) is 8.99. The number of benzene rings is 1. The lowest BCUT2D eigenvalue weighted by Crippen LogP contribution is -2.59. The zero-order valence-electron chi connectivity index (χ0n) is 25.3. The summed E-state index contributed by atoms with van der Waals surface area (Å²) in [4.78, 5) is 58.8. The van der Waals surface area contributed by atoms with Crippen LogP contribution in [0, 0.1) is 17.8 Å². The van der Waals surface area contributed by atoms with Crippen LogP contribution in [0.5, 0.6) is 0 Å². The van der Waals surface area contributed by atoms with E-state index in [0.717, 1.165) is 0 Å². The highest BCUT2D eigenvalue weighted by molar-refractivity contribution is 5.99. The van der Waals surface area contributed by atoms with Crippen LogP contribution in [0.2, 0.25) is 0 Å². The minimum atomic E-state index is -1.37. The normalized spacial score (nSPS) is 32.8. The molecule has 7 atom stereocenters. The number of carbonyl (C=O) groups excluding carboxylic acids is 4. The lowest BCUT2D eigenvalue weighted by atomic mass is 9.74. The van der Waals surface area contributed by atoms with E-state index >= 15 is 0 Å². The van der Waals surface area contributed by atoms with Gasteiger partial charge in [-0.3, -0.25) is 19.2 Å². The Hall–Kier alpha value is -3.50. The summed E-state index contributed by atoms with van der Waals surface area (Å²) in [6.45, 7) is 7.84. The Balaban J connectivity index is 1.59. The van der Waals surface area contributed by atoms with Gasteiger partial charge in [0.25, 0.3) is 0 Å². The van der Waals surface area contributed by atoms with Crippen LogP contribution in [0.15, 0.2) is 54.6 Å². The van der Waals surface area contributed by atoms with Crippen molar-refractivity contribution in [1.82, 2.24) is 15.1 Å². The van der Waals surface area contributed by atoms with Gasteiger partial charge in [0.1, 0.15) is 23.7 Å². The number of nitrogens with zero attached hydrogens (tertiary/aromatic N) is 2. The number of hydrogen-bond donors (Lipinski definition) is 2. The number of ether oxygens (including phenoxy) is 2. The zero-order chi connectivity index (χ0) is 30.9. The highest BCUT2D eigenvalue weighted by atomic mass is 16.6. The van der Waals surface area contributed by atoms with Gasteiger partial charge < -0.3 is 29.7 Å². The average Bonchev–Trinajstić information content (AvgIpc) is 3.62. The number of aliphatic hydroxyl groups is 1. The van der Waals surface area contributed by atoms with Crippen LogP contribution in [0.25, 0.3) is 0 Å². The molecule has 10 nitrogen and oxygen atoms in total. The van der Waals surface area contributed by atoms with Crippen molar-refractivity contribution in [2.45, 2.75) is 82.9 Å².